The van der Waals surface area contributed by atoms with E-state index in [0.29, 0.717) is 11.4 Å². The summed E-state index contributed by atoms with van der Waals surface area (Å²) in [7, 11) is 0. The molecule has 0 aliphatic rings. The predicted molar refractivity (Wildman–Crippen MR) is 97.0 cm³/mol. The van der Waals surface area contributed by atoms with E-state index >= 15 is 0 Å². The number of amides is 1. The Kier molecular flexibility index (Phi) is 5.80. The molecule has 0 unspecified atom stereocenters. The topological polar surface area (TPSA) is 75.6 Å². The van der Waals surface area contributed by atoms with E-state index in [1.807, 2.05) is 38.1 Å². The summed E-state index contributed by atoms with van der Waals surface area (Å²) in [5.74, 6) is -0.802. The number of carbonyl (C=O) groups is 2. The third-order valence-corrected chi connectivity index (χ3v) is 4.11. The van der Waals surface area contributed by atoms with Gasteiger partial charge in [-0.3, -0.25) is 4.79 Å². The van der Waals surface area contributed by atoms with E-state index in [4.69, 9.17) is 9.84 Å². The summed E-state index contributed by atoms with van der Waals surface area (Å²) in [4.78, 5) is 23.3. The Balaban J connectivity index is 2.11. The monoisotopic (exact) mass is 341 g/mol. The number of benzene rings is 2. The van der Waals surface area contributed by atoms with Crippen LogP contribution < -0.4 is 10.1 Å². The number of aliphatic carboxylic acids is 1. The maximum atomic E-state index is 12.7. The summed E-state index contributed by atoms with van der Waals surface area (Å²) in [6.07, 6.45) is 0.954. The van der Waals surface area contributed by atoms with Gasteiger partial charge in [0, 0.05) is 11.8 Å². The van der Waals surface area contributed by atoms with Crippen LogP contribution in [0, 0.1) is 0 Å². The van der Waals surface area contributed by atoms with Crippen molar-refractivity contribution in [2.24, 2.45) is 0 Å². The van der Waals surface area contributed by atoms with Crippen LogP contribution in [0.2, 0.25) is 0 Å². The van der Waals surface area contributed by atoms with Crippen LogP contribution in [0.4, 0.5) is 5.69 Å². The summed E-state index contributed by atoms with van der Waals surface area (Å²) < 4.78 is 5.13. The lowest BCUT2D eigenvalue weighted by Gasteiger charge is -2.24. The van der Waals surface area contributed by atoms with E-state index in [-0.39, 0.29) is 5.91 Å². The van der Waals surface area contributed by atoms with Gasteiger partial charge in [0.05, 0.1) is 5.41 Å². The summed E-state index contributed by atoms with van der Waals surface area (Å²) in [5.41, 5.74) is 2.01. The van der Waals surface area contributed by atoms with Crippen LogP contribution in [0.5, 0.6) is 5.75 Å². The van der Waals surface area contributed by atoms with Crippen LogP contribution in [-0.4, -0.2) is 23.6 Å². The van der Waals surface area contributed by atoms with Gasteiger partial charge in [0.1, 0.15) is 5.75 Å². The molecule has 0 fully saturated rings. The van der Waals surface area contributed by atoms with Crippen molar-refractivity contribution in [2.75, 3.05) is 11.9 Å². The van der Waals surface area contributed by atoms with Crippen LogP contribution >= 0.6 is 0 Å². The molecule has 2 N–H and O–H groups in total. The number of aryl methyl sites for hydroxylation is 1. The van der Waals surface area contributed by atoms with Gasteiger partial charge in [0.25, 0.3) is 0 Å². The lowest BCUT2D eigenvalue weighted by atomic mass is 9.83. The number of hydrogen-bond donors (Lipinski definition) is 2. The Morgan fingerprint density at radius 3 is 2.40 bits per heavy atom. The molecule has 0 saturated heterocycles. The average molecular weight is 341 g/mol. The van der Waals surface area contributed by atoms with Crippen LogP contribution in [0.25, 0.3) is 0 Å². The molecule has 25 heavy (non-hydrogen) atoms. The summed E-state index contributed by atoms with van der Waals surface area (Å²) in [5, 5.41) is 11.5. The SMILES string of the molecule is CCc1ccc(C(C)(C)C(=O)Nc2cccc(OCC(=O)O)c2)cc1. The lowest BCUT2D eigenvalue weighted by molar-refractivity contribution is -0.139. The number of anilines is 1. The molecular formula is C20H23NO4. The molecule has 0 aromatic heterocycles. The molecule has 0 aliphatic carbocycles. The van der Waals surface area contributed by atoms with Crippen molar-refractivity contribution in [3.05, 3.63) is 59.7 Å². The zero-order chi connectivity index (χ0) is 18.4. The van der Waals surface area contributed by atoms with Crippen LogP contribution in [0.15, 0.2) is 48.5 Å². The Labute approximate surface area is 147 Å². The van der Waals surface area contributed by atoms with E-state index in [0.717, 1.165) is 12.0 Å². The van der Waals surface area contributed by atoms with Crippen molar-refractivity contribution >= 4 is 17.6 Å². The minimum Gasteiger partial charge on any atom is -0.482 e. The normalized spacial score (nSPS) is 11.0. The smallest absolute Gasteiger partial charge is 0.341 e. The molecule has 0 aliphatic heterocycles. The largest absolute Gasteiger partial charge is 0.482 e. The zero-order valence-corrected chi connectivity index (χ0v) is 14.7. The van der Waals surface area contributed by atoms with Crippen LogP contribution in [0.1, 0.15) is 31.9 Å². The molecule has 1 amide bonds. The molecular weight excluding hydrogens is 318 g/mol. The summed E-state index contributed by atoms with van der Waals surface area (Å²) >= 11 is 0. The Bertz CT molecular complexity index is 751. The second-order valence-corrected chi connectivity index (χ2v) is 6.34. The van der Waals surface area contributed by atoms with Gasteiger partial charge in [-0.25, -0.2) is 4.79 Å². The Morgan fingerprint density at radius 1 is 1.12 bits per heavy atom. The van der Waals surface area contributed by atoms with Gasteiger partial charge >= 0.3 is 5.97 Å². The van der Waals surface area contributed by atoms with Crippen LogP contribution in [0.3, 0.4) is 0 Å². The first-order valence-electron chi connectivity index (χ1n) is 8.18. The molecule has 0 bridgehead atoms. The van der Waals surface area contributed by atoms with E-state index < -0.39 is 18.0 Å². The molecule has 2 aromatic rings. The first-order chi connectivity index (χ1) is 11.8. The molecule has 0 atom stereocenters. The standard InChI is InChI=1S/C20H23NO4/c1-4-14-8-10-15(11-9-14)20(2,3)19(24)21-16-6-5-7-17(12-16)25-13-18(22)23/h5-12H,4,13H2,1-3H3,(H,21,24)(H,22,23). The third-order valence-electron chi connectivity index (χ3n) is 4.11. The highest BCUT2D eigenvalue weighted by Crippen LogP contribution is 2.26. The molecule has 5 heteroatoms. The van der Waals surface area contributed by atoms with Gasteiger partial charge in [-0.1, -0.05) is 37.3 Å². The zero-order valence-electron chi connectivity index (χ0n) is 14.7. The summed E-state index contributed by atoms with van der Waals surface area (Å²) in [6, 6.07) is 14.7. The maximum Gasteiger partial charge on any atom is 0.341 e. The van der Waals surface area contributed by atoms with Crippen LogP contribution in [-0.2, 0) is 21.4 Å². The maximum absolute atomic E-state index is 12.7. The van der Waals surface area contributed by atoms with Crippen molar-refractivity contribution in [2.45, 2.75) is 32.6 Å². The fourth-order valence-electron chi connectivity index (χ4n) is 2.38. The molecule has 0 saturated carbocycles. The third kappa shape index (κ3) is 4.83. The second kappa shape index (κ2) is 7.83. The van der Waals surface area contributed by atoms with Gasteiger partial charge in [0.2, 0.25) is 5.91 Å². The quantitative estimate of drug-likeness (QED) is 0.806. The average Bonchev–Trinajstić information content (AvgIpc) is 2.60. The molecule has 0 spiro atoms. The van der Waals surface area contributed by atoms with E-state index in [1.165, 1.54) is 5.56 Å². The minimum absolute atomic E-state index is 0.146. The van der Waals surface area contributed by atoms with Gasteiger partial charge in [-0.2, -0.15) is 0 Å². The first-order valence-corrected chi connectivity index (χ1v) is 8.18. The van der Waals surface area contributed by atoms with Gasteiger partial charge < -0.3 is 15.2 Å². The van der Waals surface area contributed by atoms with Gasteiger partial charge in [0.15, 0.2) is 6.61 Å². The molecule has 132 valence electrons. The fraction of sp³-hybridized carbons (Fsp3) is 0.300. The predicted octanol–water partition coefficient (Wildman–Crippen LogP) is 3.63. The summed E-state index contributed by atoms with van der Waals surface area (Å²) in [6.45, 7) is 5.40. The fourth-order valence-corrected chi connectivity index (χ4v) is 2.38. The van der Waals surface area contributed by atoms with E-state index in [2.05, 4.69) is 12.2 Å². The molecule has 5 nitrogen and oxygen atoms in total. The lowest BCUT2D eigenvalue weighted by Crippen LogP contribution is -2.34. The number of carbonyl (C=O) groups excluding carboxylic acids is 1. The number of ether oxygens (including phenoxy) is 1. The number of carboxylic acid groups (broad SMARTS) is 1. The highest BCUT2D eigenvalue weighted by molar-refractivity contribution is 5.98. The van der Waals surface area contributed by atoms with Crippen molar-refractivity contribution in [1.29, 1.82) is 0 Å². The first kappa shape index (κ1) is 18.5. The van der Waals surface area contributed by atoms with Gasteiger partial charge in [-0.05, 0) is 43.5 Å². The number of carboxylic acids is 1. The van der Waals surface area contributed by atoms with Gasteiger partial charge in [-0.15, -0.1) is 0 Å². The van der Waals surface area contributed by atoms with Crippen molar-refractivity contribution in [3.63, 3.8) is 0 Å². The second-order valence-electron chi connectivity index (χ2n) is 6.34. The minimum atomic E-state index is -1.05. The molecule has 0 radical (unpaired) electrons. The highest BCUT2D eigenvalue weighted by atomic mass is 16.5. The highest BCUT2D eigenvalue weighted by Gasteiger charge is 2.29. The Hall–Kier alpha value is -2.82. The molecule has 2 aromatic carbocycles. The molecule has 2 rings (SSSR count). The molecule has 0 heterocycles. The van der Waals surface area contributed by atoms with Crippen molar-refractivity contribution < 1.29 is 19.4 Å². The number of hydrogen-bond acceptors (Lipinski definition) is 3. The van der Waals surface area contributed by atoms with Crippen molar-refractivity contribution in [3.8, 4) is 5.75 Å². The van der Waals surface area contributed by atoms with Crippen molar-refractivity contribution in [1.82, 2.24) is 0 Å². The Morgan fingerprint density at radius 2 is 1.80 bits per heavy atom. The van der Waals surface area contributed by atoms with E-state index in [1.54, 1.807) is 24.3 Å². The number of nitrogens with one attached hydrogen (secondary N) is 1. The van der Waals surface area contributed by atoms with E-state index in [9.17, 15) is 9.59 Å². The number of rotatable bonds is 7.